The van der Waals surface area contributed by atoms with E-state index in [1.54, 1.807) is 24.3 Å². The molecule has 0 heterocycles. The molecule has 0 aliphatic rings. The van der Waals surface area contributed by atoms with Gasteiger partial charge in [-0.05, 0) is 5.30 Å². The van der Waals surface area contributed by atoms with Crippen molar-refractivity contribution < 1.29 is 14.4 Å². The third-order valence-corrected chi connectivity index (χ3v) is 3.58. The molecule has 1 atom stereocenters. The molecule has 0 radical (unpaired) electrons. The van der Waals surface area contributed by atoms with Crippen molar-refractivity contribution in [1.29, 1.82) is 0 Å². The van der Waals surface area contributed by atoms with Gasteiger partial charge in [-0.1, -0.05) is 30.3 Å². The minimum absolute atomic E-state index is 0.420. The van der Waals surface area contributed by atoms with E-state index in [2.05, 4.69) is 0 Å². The zero-order valence-corrected chi connectivity index (χ0v) is 7.53. The molecule has 0 amide bonds. The van der Waals surface area contributed by atoms with Gasteiger partial charge < -0.3 is 9.79 Å². The average molecular weight is 190 g/mol. The van der Waals surface area contributed by atoms with Crippen molar-refractivity contribution in [3.8, 4) is 0 Å². The van der Waals surface area contributed by atoms with Crippen LogP contribution in [-0.4, -0.2) is 9.79 Å². The Morgan fingerprint density at radius 2 is 1.73 bits per heavy atom. The molecule has 0 spiro atoms. The molecule has 0 fully saturated rings. The summed E-state index contributed by atoms with van der Waals surface area (Å²) in [5, 5.41) is 0.695. The lowest BCUT2D eigenvalue weighted by Crippen LogP contribution is -1.90. The Hall–Kier alpha value is -0.200. The van der Waals surface area contributed by atoms with Crippen LogP contribution in [0.25, 0.3) is 0 Å². The van der Waals surface area contributed by atoms with E-state index in [9.17, 15) is 4.57 Å². The Morgan fingerprint density at radius 3 is 2.18 bits per heavy atom. The molecule has 1 rings (SSSR count). The van der Waals surface area contributed by atoms with E-state index in [1.807, 2.05) is 6.07 Å². The number of benzene rings is 1. The van der Waals surface area contributed by atoms with Crippen LogP contribution in [-0.2, 0) is 4.57 Å². The quantitative estimate of drug-likeness (QED) is 0.686. The van der Waals surface area contributed by atoms with Crippen molar-refractivity contribution in [1.82, 2.24) is 0 Å². The normalized spacial score (nSPS) is 12.5. The summed E-state index contributed by atoms with van der Waals surface area (Å²) in [6.45, 7) is 0. The third kappa shape index (κ3) is 3.64. The summed E-state index contributed by atoms with van der Waals surface area (Å²) in [7, 11) is -4.28. The van der Waals surface area contributed by atoms with Gasteiger partial charge >= 0.3 is 7.28 Å². The summed E-state index contributed by atoms with van der Waals surface area (Å²) >= 11 is 0. The molecule has 0 saturated heterocycles. The van der Waals surface area contributed by atoms with Crippen molar-refractivity contribution in [2.75, 3.05) is 0 Å². The molecule has 0 aromatic heterocycles. The molecule has 1 unspecified atom stereocenters. The predicted octanol–water partition coefficient (Wildman–Crippen LogP) is 1.08. The maximum atomic E-state index is 10.5. The number of hydrogen-bond acceptors (Lipinski definition) is 1. The Morgan fingerprint density at radius 1 is 1.18 bits per heavy atom. The van der Waals surface area contributed by atoms with E-state index in [0.717, 1.165) is 0 Å². The van der Waals surface area contributed by atoms with Crippen LogP contribution >= 0.6 is 15.6 Å². The van der Waals surface area contributed by atoms with E-state index in [-0.39, 0.29) is 0 Å². The maximum Gasteiger partial charge on any atom is 0.345 e. The highest BCUT2D eigenvalue weighted by atomic mass is 32.1. The fraction of sp³-hybridized carbons (Fsp3) is 0. The molecule has 2 N–H and O–H groups in total. The van der Waals surface area contributed by atoms with Crippen LogP contribution in [0.3, 0.4) is 0 Å². The van der Waals surface area contributed by atoms with E-state index >= 15 is 0 Å². The minimum Gasteiger partial charge on any atom is -0.321 e. The van der Waals surface area contributed by atoms with E-state index in [0.29, 0.717) is 5.30 Å². The first-order valence-electron chi connectivity index (χ1n) is 2.97. The molecular weight excluding hydrogens is 182 g/mol. The standard InChI is InChI=1S/C6H8O3P2/c7-11(8,9)10-6-4-2-1-3-5-6/h1-5,10H,(H2,7,8,9). The number of rotatable bonds is 2. The third-order valence-electron chi connectivity index (χ3n) is 1.05. The minimum atomic E-state index is -3.86. The molecule has 3 nitrogen and oxygen atoms in total. The van der Waals surface area contributed by atoms with Gasteiger partial charge in [-0.3, -0.25) is 4.57 Å². The second kappa shape index (κ2) is 3.46. The second-order valence-corrected chi connectivity index (χ2v) is 6.33. The van der Waals surface area contributed by atoms with Crippen LogP contribution in [0.5, 0.6) is 0 Å². The SMILES string of the molecule is O=P(O)(O)Pc1ccccc1. The smallest absolute Gasteiger partial charge is 0.321 e. The fourth-order valence-corrected chi connectivity index (χ4v) is 2.81. The Kier molecular flexibility index (Phi) is 2.80. The van der Waals surface area contributed by atoms with Crippen molar-refractivity contribution in [3.05, 3.63) is 30.3 Å². The number of hydrogen-bond donors (Lipinski definition) is 2. The van der Waals surface area contributed by atoms with Crippen molar-refractivity contribution in [2.45, 2.75) is 0 Å². The molecule has 1 aromatic rings. The lowest BCUT2D eigenvalue weighted by Gasteiger charge is -2.01. The van der Waals surface area contributed by atoms with Gasteiger partial charge in [0, 0.05) is 8.27 Å². The van der Waals surface area contributed by atoms with Gasteiger partial charge in [0.2, 0.25) is 0 Å². The van der Waals surface area contributed by atoms with Crippen molar-refractivity contribution in [3.63, 3.8) is 0 Å². The van der Waals surface area contributed by atoms with E-state index in [4.69, 9.17) is 9.79 Å². The van der Waals surface area contributed by atoms with Gasteiger partial charge in [-0.15, -0.1) is 0 Å². The van der Waals surface area contributed by atoms with Gasteiger partial charge in [0.05, 0.1) is 0 Å². The second-order valence-electron chi connectivity index (χ2n) is 2.02. The summed E-state index contributed by atoms with van der Waals surface area (Å²) in [5.41, 5.74) is 0. The van der Waals surface area contributed by atoms with Gasteiger partial charge in [-0.25, -0.2) is 0 Å². The first-order chi connectivity index (χ1) is 5.08. The van der Waals surface area contributed by atoms with Gasteiger partial charge in [0.25, 0.3) is 0 Å². The molecule has 5 heteroatoms. The van der Waals surface area contributed by atoms with Crippen LogP contribution < -0.4 is 5.30 Å². The topological polar surface area (TPSA) is 57.5 Å². The summed E-state index contributed by atoms with van der Waals surface area (Å²) in [5.74, 6) is 0. The first kappa shape index (κ1) is 8.89. The molecule has 0 aliphatic carbocycles. The van der Waals surface area contributed by atoms with Crippen LogP contribution in [0.15, 0.2) is 30.3 Å². The van der Waals surface area contributed by atoms with Gasteiger partial charge in [-0.2, -0.15) is 0 Å². The van der Waals surface area contributed by atoms with Gasteiger partial charge in [0.1, 0.15) is 0 Å². The van der Waals surface area contributed by atoms with Crippen LogP contribution in [0.2, 0.25) is 0 Å². The summed E-state index contributed by atoms with van der Waals surface area (Å²) in [4.78, 5) is 17.2. The Labute approximate surface area is 66.3 Å². The van der Waals surface area contributed by atoms with E-state index < -0.39 is 15.6 Å². The molecule has 0 saturated carbocycles. The molecule has 11 heavy (non-hydrogen) atoms. The maximum absolute atomic E-state index is 10.5. The molecular formula is C6H8O3P2. The lowest BCUT2D eigenvalue weighted by molar-refractivity contribution is 0.396. The Balaban J connectivity index is 2.74. The molecule has 0 aliphatic heterocycles. The predicted molar refractivity (Wildman–Crippen MR) is 46.4 cm³/mol. The highest BCUT2D eigenvalue weighted by Crippen LogP contribution is 2.55. The zero-order chi connectivity index (χ0) is 8.32. The average Bonchev–Trinajstić information content (AvgIpc) is 1.85. The van der Waals surface area contributed by atoms with E-state index in [1.165, 1.54) is 0 Å². The van der Waals surface area contributed by atoms with Gasteiger partial charge in [0.15, 0.2) is 0 Å². The fourth-order valence-electron chi connectivity index (χ4n) is 0.681. The summed E-state index contributed by atoms with van der Waals surface area (Å²) < 4.78 is 10.5. The zero-order valence-electron chi connectivity index (χ0n) is 5.64. The molecule has 1 aromatic carbocycles. The Bertz CT molecular complexity index is 266. The van der Waals surface area contributed by atoms with Crippen LogP contribution in [0, 0.1) is 0 Å². The monoisotopic (exact) mass is 190 g/mol. The highest BCUT2D eigenvalue weighted by molar-refractivity contribution is 8.22. The largest absolute Gasteiger partial charge is 0.345 e. The van der Waals surface area contributed by atoms with Crippen LogP contribution in [0.1, 0.15) is 0 Å². The van der Waals surface area contributed by atoms with Crippen LogP contribution in [0.4, 0.5) is 0 Å². The highest BCUT2D eigenvalue weighted by Gasteiger charge is 2.12. The lowest BCUT2D eigenvalue weighted by atomic mass is 10.4. The summed E-state index contributed by atoms with van der Waals surface area (Å²) in [6.07, 6.45) is 0. The summed E-state index contributed by atoms with van der Waals surface area (Å²) in [6, 6.07) is 8.75. The molecule has 60 valence electrons. The molecule has 0 bridgehead atoms. The van der Waals surface area contributed by atoms with Crippen molar-refractivity contribution in [2.24, 2.45) is 0 Å². The van der Waals surface area contributed by atoms with Crippen molar-refractivity contribution >= 4 is 20.9 Å². The first-order valence-corrected chi connectivity index (χ1v) is 6.42.